The summed E-state index contributed by atoms with van der Waals surface area (Å²) in [7, 11) is 0. The summed E-state index contributed by atoms with van der Waals surface area (Å²) in [5.74, 6) is -3.48. The molecule has 6 amide bonds. The minimum atomic E-state index is -1.05. The number of hydrogen-bond acceptors (Lipinski definition) is 12. The molecule has 0 spiro atoms. The molecule has 0 radical (unpaired) electrons. The zero-order valence-electron chi connectivity index (χ0n) is 32.9. The first kappa shape index (κ1) is 40.6. The molecular formula is C42H41FN10O8. The smallest absolute Gasteiger partial charge is 0.272 e. The third-order valence-corrected chi connectivity index (χ3v) is 11.0. The maximum absolute atomic E-state index is 15.0. The van der Waals surface area contributed by atoms with Crippen LogP contribution >= 0.6 is 0 Å². The predicted octanol–water partition coefficient (Wildman–Crippen LogP) is 1.69. The van der Waals surface area contributed by atoms with Crippen molar-refractivity contribution in [3.63, 3.8) is 0 Å². The summed E-state index contributed by atoms with van der Waals surface area (Å²) in [6.07, 6.45) is 2.70. The van der Waals surface area contributed by atoms with Crippen molar-refractivity contribution in [1.82, 2.24) is 45.2 Å². The van der Waals surface area contributed by atoms with E-state index in [0.29, 0.717) is 72.6 Å². The number of imide groups is 2. The van der Waals surface area contributed by atoms with E-state index in [2.05, 4.69) is 31.1 Å². The van der Waals surface area contributed by atoms with E-state index >= 15 is 0 Å². The van der Waals surface area contributed by atoms with E-state index < -0.39 is 41.4 Å². The van der Waals surface area contributed by atoms with Crippen LogP contribution < -0.4 is 16.2 Å². The van der Waals surface area contributed by atoms with Gasteiger partial charge in [-0.3, -0.25) is 43.8 Å². The molecule has 8 rings (SSSR count). The highest BCUT2D eigenvalue weighted by molar-refractivity contribution is 6.25. The van der Waals surface area contributed by atoms with E-state index in [1.165, 1.54) is 18.2 Å². The van der Waals surface area contributed by atoms with Gasteiger partial charge in [0, 0.05) is 75.7 Å². The molecule has 5 aromatic rings. The molecule has 5 heterocycles. The molecule has 3 N–H and O–H groups in total. The molecule has 2 fully saturated rings. The fraction of sp³-hybridized carbons (Fsp3) is 0.333. The average Bonchev–Trinajstić information content (AvgIpc) is 3.83. The Hall–Kier alpha value is -7.15. The van der Waals surface area contributed by atoms with E-state index in [-0.39, 0.29) is 73.5 Å². The van der Waals surface area contributed by atoms with Crippen LogP contribution in [0.25, 0.3) is 10.8 Å². The number of amides is 6. The van der Waals surface area contributed by atoms with E-state index in [1.807, 2.05) is 6.07 Å². The van der Waals surface area contributed by atoms with Crippen LogP contribution in [0, 0.1) is 5.82 Å². The zero-order valence-corrected chi connectivity index (χ0v) is 32.9. The van der Waals surface area contributed by atoms with E-state index in [4.69, 9.17) is 4.74 Å². The second kappa shape index (κ2) is 17.6. The van der Waals surface area contributed by atoms with Gasteiger partial charge in [-0.2, -0.15) is 5.10 Å². The molecule has 19 heteroatoms. The molecule has 3 aliphatic heterocycles. The van der Waals surface area contributed by atoms with Crippen molar-refractivity contribution in [1.29, 1.82) is 0 Å². The third kappa shape index (κ3) is 8.63. The Morgan fingerprint density at radius 1 is 0.902 bits per heavy atom. The van der Waals surface area contributed by atoms with E-state index in [0.717, 1.165) is 4.90 Å². The Bertz CT molecular complexity index is 2620. The molecular weight excluding hydrogens is 792 g/mol. The molecule has 0 aliphatic carbocycles. The van der Waals surface area contributed by atoms with Gasteiger partial charge in [-0.25, -0.2) is 14.2 Å². The Labute approximate surface area is 347 Å². The van der Waals surface area contributed by atoms with Gasteiger partial charge in [0.15, 0.2) is 0 Å². The van der Waals surface area contributed by atoms with E-state index in [1.54, 1.807) is 57.1 Å². The number of rotatable bonds is 14. The highest BCUT2D eigenvalue weighted by Gasteiger charge is 2.45. The second-order valence-electron chi connectivity index (χ2n) is 14.9. The van der Waals surface area contributed by atoms with Gasteiger partial charge >= 0.3 is 0 Å². The summed E-state index contributed by atoms with van der Waals surface area (Å²) >= 11 is 0. The number of aromatic amines is 1. The third-order valence-electron chi connectivity index (χ3n) is 11.0. The number of nitrogens with zero attached hydrogens (tertiary/aromatic N) is 7. The molecule has 314 valence electrons. The summed E-state index contributed by atoms with van der Waals surface area (Å²) < 4.78 is 22.3. The van der Waals surface area contributed by atoms with Gasteiger partial charge in [0.2, 0.25) is 17.7 Å². The molecule has 1 atom stereocenters. The largest absolute Gasteiger partial charge is 0.382 e. The van der Waals surface area contributed by atoms with Crippen LogP contribution in [-0.4, -0.2) is 127 Å². The Kier molecular flexibility index (Phi) is 11.7. The number of carbonyl (C=O) groups is 6. The average molecular weight is 833 g/mol. The van der Waals surface area contributed by atoms with Crippen LogP contribution in [0.5, 0.6) is 0 Å². The maximum atomic E-state index is 15.0. The first-order valence-electron chi connectivity index (χ1n) is 19.9. The van der Waals surface area contributed by atoms with Crippen molar-refractivity contribution in [3.05, 3.63) is 117 Å². The topological polar surface area (TPSA) is 222 Å². The number of hydrogen-bond donors (Lipinski definition) is 3. The lowest BCUT2D eigenvalue weighted by atomic mass is 10.0. The molecule has 0 bridgehead atoms. The fourth-order valence-electron chi connectivity index (χ4n) is 7.81. The van der Waals surface area contributed by atoms with Gasteiger partial charge in [0.05, 0.1) is 53.2 Å². The van der Waals surface area contributed by atoms with Crippen LogP contribution in [0.1, 0.15) is 67.3 Å². The quantitative estimate of drug-likeness (QED) is 0.108. The lowest BCUT2D eigenvalue weighted by molar-refractivity contribution is -0.136. The Balaban J connectivity index is 0.750. The number of aryl methyl sites for hydroxylation is 1. The normalized spacial score (nSPS) is 16.6. The molecule has 18 nitrogen and oxygen atoms in total. The Morgan fingerprint density at radius 2 is 1.69 bits per heavy atom. The lowest BCUT2D eigenvalue weighted by Gasteiger charge is -2.35. The molecule has 2 aromatic heterocycles. The lowest BCUT2D eigenvalue weighted by Crippen LogP contribution is -2.54. The minimum Gasteiger partial charge on any atom is -0.382 e. The van der Waals surface area contributed by atoms with Gasteiger partial charge in [0.25, 0.3) is 23.3 Å². The number of ether oxygens (including phenoxy) is 1. The summed E-state index contributed by atoms with van der Waals surface area (Å²) in [5, 5.41) is 21.5. The van der Waals surface area contributed by atoms with Crippen LogP contribution in [0.4, 0.5) is 10.1 Å². The molecule has 1 unspecified atom stereocenters. The van der Waals surface area contributed by atoms with Gasteiger partial charge in [-0.1, -0.05) is 35.5 Å². The molecule has 3 aromatic carbocycles. The van der Waals surface area contributed by atoms with Crippen molar-refractivity contribution >= 4 is 51.9 Å². The number of nitrogens with one attached hydrogen (secondary N) is 3. The number of anilines is 1. The van der Waals surface area contributed by atoms with E-state index in [9.17, 15) is 38.0 Å². The van der Waals surface area contributed by atoms with Crippen molar-refractivity contribution in [2.75, 3.05) is 51.3 Å². The molecule has 3 aliphatic rings. The number of piperazine rings is 1. The summed E-state index contributed by atoms with van der Waals surface area (Å²) in [4.78, 5) is 93.2. The first-order chi connectivity index (χ1) is 29.5. The summed E-state index contributed by atoms with van der Waals surface area (Å²) in [5.41, 5.74) is 2.32. The van der Waals surface area contributed by atoms with Crippen molar-refractivity contribution in [3.8, 4) is 0 Å². The van der Waals surface area contributed by atoms with Crippen LogP contribution in [-0.2, 0) is 38.5 Å². The summed E-state index contributed by atoms with van der Waals surface area (Å²) in [6, 6.07) is 15.2. The minimum absolute atomic E-state index is 0.0378. The number of benzene rings is 3. The number of carbonyl (C=O) groups excluding carboxylic acids is 6. The number of fused-ring (bicyclic) bond motifs is 2. The highest BCUT2D eigenvalue weighted by atomic mass is 19.1. The van der Waals surface area contributed by atoms with Crippen LogP contribution in [0.15, 0.2) is 71.7 Å². The van der Waals surface area contributed by atoms with Crippen LogP contribution in [0.2, 0.25) is 0 Å². The number of halogens is 1. The predicted molar refractivity (Wildman–Crippen MR) is 215 cm³/mol. The summed E-state index contributed by atoms with van der Waals surface area (Å²) in [6.45, 7) is 2.41. The zero-order chi connectivity index (χ0) is 42.6. The molecule has 0 saturated carbocycles. The first-order valence-corrected chi connectivity index (χ1v) is 19.9. The highest BCUT2D eigenvalue weighted by Crippen LogP contribution is 2.32. The van der Waals surface area contributed by atoms with Crippen molar-refractivity contribution in [2.45, 2.75) is 44.7 Å². The SMILES string of the molecule is O=C1CCC(N2C(=O)c3cccc(NCCOCCn4cc(CCC(=O)N5CCN(C(=O)c6cc(Cc7n[nH]c(=O)c8ccccc78)ccc6F)CC5)nn4)c3C2=O)C(=O)N1. The van der Waals surface area contributed by atoms with Gasteiger partial charge < -0.3 is 19.9 Å². The van der Waals surface area contributed by atoms with Gasteiger partial charge in [0.1, 0.15) is 11.9 Å². The van der Waals surface area contributed by atoms with Gasteiger partial charge in [-0.15, -0.1) is 5.10 Å². The number of piperidine rings is 1. The van der Waals surface area contributed by atoms with Gasteiger partial charge in [-0.05, 0) is 42.3 Å². The number of aromatic nitrogens is 5. The van der Waals surface area contributed by atoms with Crippen molar-refractivity contribution in [2.24, 2.45) is 0 Å². The maximum Gasteiger partial charge on any atom is 0.272 e. The standard InChI is InChI=1S/C42H41FN10O8/c43-31-10-8-25(23-33-27-4-1-2-5-28(27)38(56)48-47-33)22-30(31)40(58)51-17-15-50(16-18-51)36(55)13-9-26-24-52(49-46-26)19-21-61-20-14-44-32-7-3-6-29-37(32)42(60)53(41(29)59)34-11-12-35(54)45-39(34)57/h1-8,10,22,24,34,44H,9,11-21,23H2,(H,48,56)(H,45,54,57). The second-order valence-corrected chi connectivity index (χ2v) is 14.9. The monoisotopic (exact) mass is 832 g/mol. The fourth-order valence-corrected chi connectivity index (χ4v) is 7.81. The van der Waals surface area contributed by atoms with Crippen molar-refractivity contribution < 1.29 is 37.9 Å². The number of H-pyrrole nitrogens is 1. The Morgan fingerprint density at radius 3 is 2.49 bits per heavy atom. The molecule has 2 saturated heterocycles. The van der Waals surface area contributed by atoms with Crippen LogP contribution in [0.3, 0.4) is 0 Å². The molecule has 61 heavy (non-hydrogen) atoms.